The van der Waals surface area contributed by atoms with Crippen LogP contribution in [0.25, 0.3) is 0 Å². The molecule has 1 aliphatic rings. The minimum atomic E-state index is -0.874. The number of rotatable bonds is 2. The molecule has 0 unspecified atom stereocenters. The number of halogens is 3. The largest absolute Gasteiger partial charge is 0.322 e. The Morgan fingerprint density at radius 2 is 1.78 bits per heavy atom. The Labute approximate surface area is 114 Å². The maximum Gasteiger partial charge on any atom is 0.244 e. The predicted octanol–water partition coefficient (Wildman–Crippen LogP) is 3.34. The zero-order valence-corrected chi connectivity index (χ0v) is 11.1. The molecule has 1 aliphatic carbocycles. The van der Waals surface area contributed by atoms with Gasteiger partial charge in [0.2, 0.25) is 5.91 Å². The molecule has 0 aliphatic heterocycles. The average molecular weight is 291 g/mol. The van der Waals surface area contributed by atoms with Gasteiger partial charge >= 0.3 is 0 Å². The zero-order valence-electron chi connectivity index (χ0n) is 9.60. The van der Waals surface area contributed by atoms with Crippen molar-refractivity contribution in [3.8, 4) is 0 Å². The molecule has 0 aromatic heterocycles. The quantitative estimate of drug-likeness (QED) is 0.878. The number of nitrogens with two attached hydrogens (primary N) is 1. The summed E-state index contributed by atoms with van der Waals surface area (Å²) < 4.78 is 13.0. The van der Waals surface area contributed by atoms with Crippen molar-refractivity contribution in [2.75, 3.05) is 5.32 Å². The number of carbonyl (C=O) groups excluding carboxylic acids is 1. The second-order valence-electron chi connectivity index (χ2n) is 4.56. The summed E-state index contributed by atoms with van der Waals surface area (Å²) in [5, 5.41) is 2.72. The summed E-state index contributed by atoms with van der Waals surface area (Å²) in [5.41, 5.74) is 5.34. The first-order chi connectivity index (χ1) is 8.42. The van der Waals surface area contributed by atoms with Crippen LogP contribution < -0.4 is 11.1 Å². The van der Waals surface area contributed by atoms with E-state index in [4.69, 9.17) is 28.9 Å². The van der Waals surface area contributed by atoms with E-state index in [1.54, 1.807) is 0 Å². The van der Waals surface area contributed by atoms with Gasteiger partial charge in [0.1, 0.15) is 5.82 Å². The van der Waals surface area contributed by atoms with Crippen LogP contribution in [0.2, 0.25) is 10.0 Å². The van der Waals surface area contributed by atoms with Crippen molar-refractivity contribution in [3.05, 3.63) is 28.0 Å². The highest BCUT2D eigenvalue weighted by atomic mass is 35.5. The standard InChI is InChI=1S/C12H13Cl2FN2O/c13-8-5-7(15)6-9(14)10(8)17-11(18)12(16)3-1-2-4-12/h5-6H,1-4,16H2,(H,17,18). The van der Waals surface area contributed by atoms with Gasteiger partial charge in [0.15, 0.2) is 0 Å². The molecule has 1 aromatic carbocycles. The van der Waals surface area contributed by atoms with Gasteiger partial charge in [-0.15, -0.1) is 0 Å². The molecule has 0 atom stereocenters. The third-order valence-corrected chi connectivity index (χ3v) is 3.79. The molecule has 0 spiro atoms. The fourth-order valence-corrected chi connectivity index (χ4v) is 2.69. The summed E-state index contributed by atoms with van der Waals surface area (Å²) in [6.07, 6.45) is 3.12. The van der Waals surface area contributed by atoms with Crippen molar-refractivity contribution in [1.29, 1.82) is 0 Å². The lowest BCUT2D eigenvalue weighted by Gasteiger charge is -2.23. The lowest BCUT2D eigenvalue weighted by molar-refractivity contribution is -0.121. The van der Waals surface area contributed by atoms with Crippen molar-refractivity contribution in [1.82, 2.24) is 0 Å². The van der Waals surface area contributed by atoms with E-state index in [0.29, 0.717) is 12.8 Å². The Morgan fingerprint density at radius 3 is 2.28 bits per heavy atom. The molecule has 98 valence electrons. The minimum Gasteiger partial charge on any atom is -0.322 e. The fraction of sp³-hybridized carbons (Fsp3) is 0.417. The smallest absolute Gasteiger partial charge is 0.244 e. The highest BCUT2D eigenvalue weighted by Crippen LogP contribution is 2.34. The number of hydrogen-bond acceptors (Lipinski definition) is 2. The molecular formula is C12H13Cl2FN2O. The number of anilines is 1. The summed E-state index contributed by atoms with van der Waals surface area (Å²) in [5.74, 6) is -0.873. The minimum absolute atomic E-state index is 0.0648. The normalized spacial score (nSPS) is 17.8. The van der Waals surface area contributed by atoms with Crippen LogP contribution in [0.1, 0.15) is 25.7 Å². The van der Waals surface area contributed by atoms with E-state index in [2.05, 4.69) is 5.32 Å². The van der Waals surface area contributed by atoms with Crippen LogP contribution in [-0.2, 0) is 4.79 Å². The van der Waals surface area contributed by atoms with Crippen molar-refractivity contribution >= 4 is 34.8 Å². The molecule has 1 fully saturated rings. The SMILES string of the molecule is NC1(C(=O)Nc2c(Cl)cc(F)cc2Cl)CCCC1. The zero-order chi connectivity index (χ0) is 13.3. The van der Waals surface area contributed by atoms with Crippen LogP contribution in [0.15, 0.2) is 12.1 Å². The number of carbonyl (C=O) groups is 1. The van der Waals surface area contributed by atoms with Crippen LogP contribution in [0.5, 0.6) is 0 Å². The fourth-order valence-electron chi connectivity index (χ4n) is 2.13. The Hall–Kier alpha value is -0.840. The third kappa shape index (κ3) is 2.60. The first-order valence-corrected chi connectivity index (χ1v) is 6.43. The molecule has 6 heteroatoms. The molecule has 0 bridgehead atoms. The third-order valence-electron chi connectivity index (χ3n) is 3.19. The van der Waals surface area contributed by atoms with Crippen LogP contribution >= 0.6 is 23.2 Å². The molecule has 1 saturated carbocycles. The van der Waals surface area contributed by atoms with Crippen LogP contribution in [0.4, 0.5) is 10.1 Å². The first kappa shape index (κ1) is 13.6. The van der Waals surface area contributed by atoms with Gasteiger partial charge in [-0.25, -0.2) is 4.39 Å². The van der Waals surface area contributed by atoms with E-state index >= 15 is 0 Å². The molecule has 3 nitrogen and oxygen atoms in total. The predicted molar refractivity (Wildman–Crippen MR) is 70.4 cm³/mol. The maximum absolute atomic E-state index is 13.0. The van der Waals surface area contributed by atoms with Crippen molar-refractivity contribution in [3.63, 3.8) is 0 Å². The van der Waals surface area contributed by atoms with Gasteiger partial charge in [0.25, 0.3) is 0 Å². The van der Waals surface area contributed by atoms with E-state index in [1.165, 1.54) is 0 Å². The Balaban J connectivity index is 2.22. The molecule has 0 saturated heterocycles. The van der Waals surface area contributed by atoms with Crippen molar-refractivity contribution in [2.24, 2.45) is 5.73 Å². The Kier molecular flexibility index (Phi) is 3.80. The van der Waals surface area contributed by atoms with Crippen LogP contribution in [0, 0.1) is 5.82 Å². The second kappa shape index (κ2) is 5.03. The maximum atomic E-state index is 13.0. The van der Waals surface area contributed by atoms with E-state index in [1.807, 2.05) is 0 Å². The first-order valence-electron chi connectivity index (χ1n) is 5.67. The highest BCUT2D eigenvalue weighted by molar-refractivity contribution is 6.39. The van der Waals surface area contributed by atoms with Gasteiger partial charge in [-0.05, 0) is 25.0 Å². The van der Waals surface area contributed by atoms with Crippen molar-refractivity contribution in [2.45, 2.75) is 31.2 Å². The highest BCUT2D eigenvalue weighted by Gasteiger charge is 2.37. The molecule has 0 heterocycles. The lowest BCUT2D eigenvalue weighted by atomic mass is 9.98. The summed E-state index contributed by atoms with van der Waals surface area (Å²) in [6, 6.07) is 2.20. The Morgan fingerprint density at radius 1 is 1.28 bits per heavy atom. The summed E-state index contributed by atoms with van der Waals surface area (Å²) in [7, 11) is 0. The van der Waals surface area contributed by atoms with E-state index in [0.717, 1.165) is 25.0 Å². The Bertz CT molecular complexity index is 464. The molecule has 0 radical (unpaired) electrons. The van der Waals surface area contributed by atoms with Crippen molar-refractivity contribution < 1.29 is 9.18 Å². The van der Waals surface area contributed by atoms with E-state index < -0.39 is 11.4 Å². The van der Waals surface area contributed by atoms with Gasteiger partial charge in [-0.1, -0.05) is 36.0 Å². The monoisotopic (exact) mass is 290 g/mol. The van der Waals surface area contributed by atoms with E-state index in [-0.39, 0.29) is 21.6 Å². The van der Waals surface area contributed by atoms with Gasteiger partial charge < -0.3 is 11.1 Å². The number of benzene rings is 1. The van der Waals surface area contributed by atoms with E-state index in [9.17, 15) is 9.18 Å². The van der Waals surface area contributed by atoms with Crippen LogP contribution in [-0.4, -0.2) is 11.4 Å². The molecule has 18 heavy (non-hydrogen) atoms. The molecular weight excluding hydrogens is 278 g/mol. The van der Waals surface area contributed by atoms with Gasteiger partial charge in [0, 0.05) is 0 Å². The molecule has 1 amide bonds. The lowest BCUT2D eigenvalue weighted by Crippen LogP contribution is -2.48. The average Bonchev–Trinajstić information content (AvgIpc) is 2.71. The summed E-state index contributed by atoms with van der Waals surface area (Å²) in [4.78, 5) is 12.1. The number of hydrogen-bond donors (Lipinski definition) is 2. The number of amides is 1. The number of nitrogens with one attached hydrogen (secondary N) is 1. The second-order valence-corrected chi connectivity index (χ2v) is 5.38. The molecule has 2 rings (SSSR count). The summed E-state index contributed by atoms with van der Waals surface area (Å²) in [6.45, 7) is 0. The topological polar surface area (TPSA) is 55.1 Å². The van der Waals surface area contributed by atoms with Gasteiger partial charge in [-0.3, -0.25) is 4.79 Å². The van der Waals surface area contributed by atoms with Gasteiger partial charge in [0.05, 0.1) is 21.3 Å². The van der Waals surface area contributed by atoms with Gasteiger partial charge in [-0.2, -0.15) is 0 Å². The van der Waals surface area contributed by atoms with Crippen LogP contribution in [0.3, 0.4) is 0 Å². The summed E-state index contributed by atoms with van der Waals surface area (Å²) >= 11 is 11.7. The molecule has 3 N–H and O–H groups in total. The molecule has 1 aromatic rings.